The maximum atomic E-state index is 12.5. The summed E-state index contributed by atoms with van der Waals surface area (Å²) in [6.07, 6.45) is 5.05. The van der Waals surface area contributed by atoms with Crippen molar-refractivity contribution >= 4 is 18.3 Å². The van der Waals surface area contributed by atoms with Crippen LogP contribution in [0, 0.1) is 5.41 Å². The van der Waals surface area contributed by atoms with Crippen LogP contribution >= 0.6 is 12.4 Å². The van der Waals surface area contributed by atoms with E-state index in [-0.39, 0.29) is 23.7 Å². The normalized spacial score (nSPS) is 25.2. The zero-order valence-corrected chi connectivity index (χ0v) is 12.7. The predicted octanol–water partition coefficient (Wildman–Crippen LogP) is 1.79. The molecule has 0 spiro atoms. The van der Waals surface area contributed by atoms with E-state index in [1.54, 1.807) is 0 Å². The van der Waals surface area contributed by atoms with Gasteiger partial charge in [0.1, 0.15) is 5.76 Å². The van der Waals surface area contributed by atoms with Crippen molar-refractivity contribution in [2.45, 2.75) is 39.0 Å². The van der Waals surface area contributed by atoms with Gasteiger partial charge < -0.3 is 15.2 Å². The first kappa shape index (κ1) is 15.3. The van der Waals surface area contributed by atoms with Crippen molar-refractivity contribution in [3.63, 3.8) is 0 Å². The molecule has 2 heterocycles. The summed E-state index contributed by atoms with van der Waals surface area (Å²) in [6, 6.07) is 0. The highest BCUT2D eigenvalue weighted by Gasteiger charge is 2.37. The average Bonchev–Trinajstić information content (AvgIpc) is 3.03. The number of nitrogens with zero attached hydrogens (tertiary/aromatic N) is 2. The summed E-state index contributed by atoms with van der Waals surface area (Å²) in [5.74, 6) is 0.930. The van der Waals surface area contributed by atoms with Crippen molar-refractivity contribution in [2.75, 3.05) is 19.6 Å². The van der Waals surface area contributed by atoms with Gasteiger partial charge in [-0.2, -0.15) is 0 Å². The van der Waals surface area contributed by atoms with Crippen LogP contribution in [0.4, 0.5) is 0 Å². The Balaban J connectivity index is 0.00000147. The summed E-state index contributed by atoms with van der Waals surface area (Å²) in [7, 11) is 0. The largest absolute Gasteiger partial charge is 0.360 e. The number of aryl methyl sites for hydroxylation is 1. The Morgan fingerprint density at radius 3 is 2.90 bits per heavy atom. The summed E-state index contributed by atoms with van der Waals surface area (Å²) >= 11 is 0. The third-order valence-corrected chi connectivity index (χ3v) is 4.49. The number of hydrogen-bond acceptors (Lipinski definition) is 4. The molecule has 1 aromatic heterocycles. The van der Waals surface area contributed by atoms with E-state index in [1.807, 2.05) is 4.90 Å². The third-order valence-electron chi connectivity index (χ3n) is 4.49. The smallest absolute Gasteiger partial charge is 0.276 e. The lowest BCUT2D eigenvalue weighted by molar-refractivity contribution is 0.0765. The first-order valence-corrected chi connectivity index (χ1v) is 7.10. The molecule has 3 rings (SSSR count). The Hall–Kier alpha value is -1.07. The standard InChI is InChI=1S/C14H21N3O2.ClH/c1-14(8-15)6-7-17(9-14)13(18)12-10-4-2-3-5-11(10)19-16-12;/h2-9,15H2,1H3;1H. The van der Waals surface area contributed by atoms with Crippen LogP contribution in [0.5, 0.6) is 0 Å². The molecule has 2 N–H and O–H groups in total. The van der Waals surface area contributed by atoms with Gasteiger partial charge in [0.05, 0.1) is 0 Å². The van der Waals surface area contributed by atoms with Gasteiger partial charge in [-0.05, 0) is 37.6 Å². The van der Waals surface area contributed by atoms with Crippen molar-refractivity contribution in [1.29, 1.82) is 0 Å². The van der Waals surface area contributed by atoms with Crippen LogP contribution in [-0.4, -0.2) is 35.6 Å². The van der Waals surface area contributed by atoms with E-state index in [4.69, 9.17) is 10.3 Å². The molecule has 1 amide bonds. The van der Waals surface area contributed by atoms with E-state index in [0.717, 1.165) is 56.5 Å². The molecule has 0 radical (unpaired) electrons. The zero-order valence-electron chi connectivity index (χ0n) is 11.9. The predicted molar refractivity (Wildman–Crippen MR) is 78.1 cm³/mol. The number of halogens is 1. The monoisotopic (exact) mass is 299 g/mol. The molecule has 1 unspecified atom stereocenters. The minimum Gasteiger partial charge on any atom is -0.360 e. The highest BCUT2D eigenvalue weighted by atomic mass is 35.5. The van der Waals surface area contributed by atoms with Crippen LogP contribution in [0.15, 0.2) is 4.52 Å². The summed E-state index contributed by atoms with van der Waals surface area (Å²) in [4.78, 5) is 14.4. The molecule has 0 aromatic carbocycles. The fourth-order valence-electron chi connectivity index (χ4n) is 3.07. The summed E-state index contributed by atoms with van der Waals surface area (Å²) in [5, 5.41) is 4.02. The third kappa shape index (κ3) is 2.56. The van der Waals surface area contributed by atoms with Crippen LogP contribution in [0.3, 0.4) is 0 Å². The number of rotatable bonds is 2. The second-order valence-electron chi connectivity index (χ2n) is 6.13. The average molecular weight is 300 g/mol. The lowest BCUT2D eigenvalue weighted by atomic mass is 9.90. The lowest BCUT2D eigenvalue weighted by Gasteiger charge is -2.22. The molecule has 112 valence electrons. The molecule has 1 aromatic rings. The summed E-state index contributed by atoms with van der Waals surface area (Å²) < 4.78 is 5.32. The molecule has 1 fully saturated rings. The number of likely N-dealkylation sites (tertiary alicyclic amines) is 1. The molecule has 20 heavy (non-hydrogen) atoms. The van der Waals surface area contributed by atoms with Crippen LogP contribution in [0.25, 0.3) is 0 Å². The minimum absolute atomic E-state index is 0. The minimum atomic E-state index is 0. The second-order valence-corrected chi connectivity index (χ2v) is 6.13. The number of hydrogen-bond donors (Lipinski definition) is 1. The van der Waals surface area contributed by atoms with Crippen LogP contribution < -0.4 is 5.73 Å². The number of carbonyl (C=O) groups is 1. The SMILES string of the molecule is CC1(CN)CCN(C(=O)c2noc3c2CCCC3)C1.Cl. The number of aromatic nitrogens is 1. The Morgan fingerprint density at radius 2 is 2.20 bits per heavy atom. The number of fused-ring (bicyclic) bond motifs is 1. The topological polar surface area (TPSA) is 72.4 Å². The van der Waals surface area contributed by atoms with Crippen molar-refractivity contribution in [3.05, 3.63) is 17.0 Å². The molecule has 1 saturated heterocycles. The maximum Gasteiger partial charge on any atom is 0.276 e. The van der Waals surface area contributed by atoms with Crippen molar-refractivity contribution in [2.24, 2.45) is 11.1 Å². The van der Waals surface area contributed by atoms with Gasteiger partial charge in [-0.1, -0.05) is 12.1 Å². The van der Waals surface area contributed by atoms with E-state index >= 15 is 0 Å². The van der Waals surface area contributed by atoms with Gasteiger partial charge in [-0.3, -0.25) is 4.79 Å². The van der Waals surface area contributed by atoms with Gasteiger partial charge in [0.25, 0.3) is 5.91 Å². The highest BCUT2D eigenvalue weighted by molar-refractivity contribution is 5.94. The summed E-state index contributed by atoms with van der Waals surface area (Å²) in [5.41, 5.74) is 7.42. The highest BCUT2D eigenvalue weighted by Crippen LogP contribution is 2.31. The molecule has 0 saturated carbocycles. The molecule has 5 nitrogen and oxygen atoms in total. The fourth-order valence-corrected chi connectivity index (χ4v) is 3.07. The van der Waals surface area contributed by atoms with Crippen molar-refractivity contribution < 1.29 is 9.32 Å². The Kier molecular flexibility index (Phi) is 4.39. The van der Waals surface area contributed by atoms with Crippen LogP contribution in [-0.2, 0) is 12.8 Å². The molecular formula is C14H22ClN3O2. The molecule has 6 heteroatoms. The quantitative estimate of drug-likeness (QED) is 0.903. The van der Waals surface area contributed by atoms with Crippen LogP contribution in [0.1, 0.15) is 48.0 Å². The van der Waals surface area contributed by atoms with Gasteiger partial charge >= 0.3 is 0 Å². The van der Waals surface area contributed by atoms with E-state index in [0.29, 0.717) is 12.2 Å². The van der Waals surface area contributed by atoms with Crippen molar-refractivity contribution in [3.8, 4) is 0 Å². The van der Waals surface area contributed by atoms with Gasteiger partial charge in [-0.15, -0.1) is 12.4 Å². The van der Waals surface area contributed by atoms with Gasteiger partial charge in [-0.25, -0.2) is 0 Å². The van der Waals surface area contributed by atoms with E-state index in [1.165, 1.54) is 0 Å². The van der Waals surface area contributed by atoms with E-state index in [9.17, 15) is 4.79 Å². The molecule has 1 aliphatic heterocycles. The molecule has 0 bridgehead atoms. The molecule has 1 atom stereocenters. The first-order chi connectivity index (χ1) is 9.13. The molecule has 1 aliphatic carbocycles. The number of nitrogens with two attached hydrogens (primary N) is 1. The molecular weight excluding hydrogens is 278 g/mol. The number of amides is 1. The second kappa shape index (κ2) is 5.74. The zero-order chi connectivity index (χ0) is 13.5. The van der Waals surface area contributed by atoms with Gasteiger partial charge in [0.2, 0.25) is 0 Å². The Labute approximate surface area is 125 Å². The van der Waals surface area contributed by atoms with E-state index in [2.05, 4.69) is 12.1 Å². The molecule has 2 aliphatic rings. The fraction of sp³-hybridized carbons (Fsp3) is 0.714. The van der Waals surface area contributed by atoms with E-state index < -0.39 is 0 Å². The van der Waals surface area contributed by atoms with Gasteiger partial charge in [0.15, 0.2) is 5.69 Å². The Bertz CT molecular complexity index is 503. The van der Waals surface area contributed by atoms with Crippen molar-refractivity contribution in [1.82, 2.24) is 10.1 Å². The van der Waals surface area contributed by atoms with Crippen LogP contribution in [0.2, 0.25) is 0 Å². The Morgan fingerprint density at radius 1 is 1.45 bits per heavy atom. The maximum absolute atomic E-state index is 12.5. The lowest BCUT2D eigenvalue weighted by Crippen LogP contribution is -2.35. The first-order valence-electron chi connectivity index (χ1n) is 7.10. The van der Waals surface area contributed by atoms with Gasteiger partial charge in [0, 0.05) is 25.1 Å². The number of carbonyl (C=O) groups excluding carboxylic acids is 1. The summed E-state index contributed by atoms with van der Waals surface area (Å²) in [6.45, 7) is 4.25.